The lowest BCUT2D eigenvalue weighted by Gasteiger charge is -2.16. The van der Waals surface area contributed by atoms with Gasteiger partial charge in [-0.25, -0.2) is 9.97 Å². The van der Waals surface area contributed by atoms with E-state index in [1.54, 1.807) is 19.5 Å². The van der Waals surface area contributed by atoms with E-state index >= 15 is 0 Å². The molecule has 0 fully saturated rings. The third kappa shape index (κ3) is 5.45. The van der Waals surface area contributed by atoms with Crippen molar-refractivity contribution in [3.8, 4) is 5.75 Å². The van der Waals surface area contributed by atoms with Crippen LogP contribution in [0.1, 0.15) is 35.7 Å². The van der Waals surface area contributed by atoms with Crippen LogP contribution in [0.15, 0.2) is 36.7 Å². The van der Waals surface area contributed by atoms with Gasteiger partial charge in [0.15, 0.2) is 0 Å². The second-order valence-corrected chi connectivity index (χ2v) is 5.86. The fourth-order valence-electron chi connectivity index (χ4n) is 2.45. The number of rotatable bonds is 9. The molecular formula is C19H26N4O2. The van der Waals surface area contributed by atoms with Crippen molar-refractivity contribution in [2.24, 2.45) is 0 Å². The minimum absolute atomic E-state index is 0.169. The van der Waals surface area contributed by atoms with Gasteiger partial charge in [0.1, 0.15) is 5.75 Å². The highest BCUT2D eigenvalue weighted by Crippen LogP contribution is 2.17. The summed E-state index contributed by atoms with van der Waals surface area (Å²) in [7, 11) is 3.60. The zero-order valence-corrected chi connectivity index (χ0v) is 15.2. The number of ether oxygens (including phenoxy) is 1. The Kier molecular flexibility index (Phi) is 7.19. The summed E-state index contributed by atoms with van der Waals surface area (Å²) in [4.78, 5) is 22.8. The van der Waals surface area contributed by atoms with Crippen LogP contribution in [0, 0.1) is 0 Å². The second-order valence-electron chi connectivity index (χ2n) is 5.86. The molecule has 0 aliphatic carbocycles. The van der Waals surface area contributed by atoms with Crippen molar-refractivity contribution in [3.05, 3.63) is 47.8 Å². The maximum atomic E-state index is 12.2. The minimum atomic E-state index is -0.169. The van der Waals surface area contributed by atoms with E-state index in [-0.39, 0.29) is 5.91 Å². The van der Waals surface area contributed by atoms with Gasteiger partial charge in [0, 0.05) is 32.5 Å². The molecule has 0 saturated heterocycles. The Morgan fingerprint density at radius 3 is 2.64 bits per heavy atom. The summed E-state index contributed by atoms with van der Waals surface area (Å²) in [6.45, 7) is 3.57. The van der Waals surface area contributed by atoms with Gasteiger partial charge in [-0.1, -0.05) is 31.5 Å². The maximum absolute atomic E-state index is 12.2. The standard InChI is InChI=1S/C19H26N4O2/c1-4-5-12-23(2)19-21-13-16(14-22-19)18(24)20-11-10-15-8-6-7-9-17(15)25-3/h6-9,13-14H,4-5,10-12H2,1-3H3,(H,20,24). The van der Waals surface area contributed by atoms with E-state index in [2.05, 4.69) is 22.2 Å². The molecule has 0 spiro atoms. The van der Waals surface area contributed by atoms with Gasteiger partial charge in [-0.05, 0) is 24.5 Å². The third-order valence-corrected chi connectivity index (χ3v) is 3.96. The summed E-state index contributed by atoms with van der Waals surface area (Å²) in [5, 5.41) is 2.89. The number of unbranched alkanes of at least 4 members (excludes halogenated alkanes) is 1. The Morgan fingerprint density at radius 2 is 1.96 bits per heavy atom. The Bertz CT molecular complexity index is 673. The number of carbonyl (C=O) groups excluding carboxylic acids is 1. The molecule has 1 heterocycles. The Morgan fingerprint density at radius 1 is 1.24 bits per heavy atom. The van der Waals surface area contributed by atoms with Gasteiger partial charge < -0.3 is 15.0 Å². The Balaban J connectivity index is 1.86. The number of aromatic nitrogens is 2. The minimum Gasteiger partial charge on any atom is -0.496 e. The molecule has 0 saturated carbocycles. The lowest BCUT2D eigenvalue weighted by molar-refractivity contribution is 0.0953. The zero-order chi connectivity index (χ0) is 18.1. The molecule has 0 bridgehead atoms. The number of methoxy groups -OCH3 is 1. The highest BCUT2D eigenvalue weighted by Gasteiger charge is 2.09. The van der Waals surface area contributed by atoms with E-state index in [0.717, 1.165) is 30.7 Å². The van der Waals surface area contributed by atoms with E-state index in [1.807, 2.05) is 36.2 Å². The number of anilines is 1. The monoisotopic (exact) mass is 342 g/mol. The average molecular weight is 342 g/mol. The molecule has 0 aliphatic rings. The van der Waals surface area contributed by atoms with Crippen molar-refractivity contribution in [1.82, 2.24) is 15.3 Å². The van der Waals surface area contributed by atoms with E-state index in [9.17, 15) is 4.79 Å². The number of para-hydroxylation sites is 1. The Hall–Kier alpha value is -2.63. The van der Waals surface area contributed by atoms with Crippen molar-refractivity contribution < 1.29 is 9.53 Å². The van der Waals surface area contributed by atoms with E-state index in [0.29, 0.717) is 24.5 Å². The molecule has 6 nitrogen and oxygen atoms in total. The van der Waals surface area contributed by atoms with Crippen LogP contribution in [0.25, 0.3) is 0 Å². The zero-order valence-electron chi connectivity index (χ0n) is 15.2. The normalized spacial score (nSPS) is 10.4. The molecule has 2 aromatic rings. The first-order valence-electron chi connectivity index (χ1n) is 8.59. The van der Waals surface area contributed by atoms with Crippen LogP contribution in [0.2, 0.25) is 0 Å². The largest absolute Gasteiger partial charge is 0.496 e. The summed E-state index contributed by atoms with van der Waals surface area (Å²) in [5.74, 6) is 1.30. The van der Waals surface area contributed by atoms with Gasteiger partial charge in [-0.15, -0.1) is 0 Å². The van der Waals surface area contributed by atoms with E-state index < -0.39 is 0 Å². The fourth-order valence-corrected chi connectivity index (χ4v) is 2.45. The molecule has 25 heavy (non-hydrogen) atoms. The highest BCUT2D eigenvalue weighted by molar-refractivity contribution is 5.93. The van der Waals surface area contributed by atoms with Gasteiger partial charge in [0.25, 0.3) is 5.91 Å². The van der Waals surface area contributed by atoms with Crippen molar-refractivity contribution in [1.29, 1.82) is 0 Å². The number of hydrogen-bond acceptors (Lipinski definition) is 5. The lowest BCUT2D eigenvalue weighted by atomic mass is 10.1. The van der Waals surface area contributed by atoms with Crippen molar-refractivity contribution in [2.75, 3.05) is 32.1 Å². The lowest BCUT2D eigenvalue weighted by Crippen LogP contribution is -2.27. The molecule has 1 amide bonds. The molecule has 6 heteroatoms. The van der Waals surface area contributed by atoms with Crippen LogP contribution in [-0.2, 0) is 6.42 Å². The van der Waals surface area contributed by atoms with Gasteiger partial charge in [-0.3, -0.25) is 4.79 Å². The summed E-state index contributed by atoms with van der Waals surface area (Å²) in [5.41, 5.74) is 1.53. The smallest absolute Gasteiger partial charge is 0.254 e. The molecule has 2 rings (SSSR count). The van der Waals surface area contributed by atoms with Crippen LogP contribution in [0.5, 0.6) is 5.75 Å². The summed E-state index contributed by atoms with van der Waals surface area (Å²) in [6, 6.07) is 7.80. The van der Waals surface area contributed by atoms with E-state index in [4.69, 9.17) is 4.74 Å². The van der Waals surface area contributed by atoms with Crippen LogP contribution in [-0.4, -0.2) is 43.1 Å². The first kappa shape index (κ1) is 18.7. The number of benzene rings is 1. The molecule has 134 valence electrons. The molecule has 1 aromatic heterocycles. The van der Waals surface area contributed by atoms with Crippen LogP contribution >= 0.6 is 0 Å². The number of nitrogens with one attached hydrogen (secondary N) is 1. The molecule has 0 aliphatic heterocycles. The van der Waals surface area contributed by atoms with Crippen molar-refractivity contribution in [2.45, 2.75) is 26.2 Å². The fraction of sp³-hybridized carbons (Fsp3) is 0.421. The molecule has 0 radical (unpaired) electrons. The topological polar surface area (TPSA) is 67.4 Å². The maximum Gasteiger partial charge on any atom is 0.254 e. The SMILES string of the molecule is CCCCN(C)c1ncc(C(=O)NCCc2ccccc2OC)cn1. The first-order chi connectivity index (χ1) is 12.2. The number of carbonyl (C=O) groups is 1. The molecule has 0 unspecified atom stereocenters. The average Bonchev–Trinajstić information content (AvgIpc) is 2.66. The van der Waals surface area contributed by atoms with Gasteiger partial charge in [0.2, 0.25) is 5.95 Å². The van der Waals surface area contributed by atoms with Gasteiger partial charge >= 0.3 is 0 Å². The molecule has 1 aromatic carbocycles. The van der Waals surface area contributed by atoms with Crippen LogP contribution in [0.3, 0.4) is 0 Å². The summed E-state index contributed by atoms with van der Waals surface area (Å²) < 4.78 is 5.31. The quantitative estimate of drug-likeness (QED) is 0.759. The van der Waals surface area contributed by atoms with E-state index in [1.165, 1.54) is 0 Å². The number of hydrogen-bond donors (Lipinski definition) is 1. The number of amides is 1. The van der Waals surface area contributed by atoms with Crippen LogP contribution < -0.4 is 15.0 Å². The molecule has 1 N–H and O–H groups in total. The van der Waals surface area contributed by atoms with Crippen molar-refractivity contribution in [3.63, 3.8) is 0 Å². The van der Waals surface area contributed by atoms with Crippen LogP contribution in [0.4, 0.5) is 5.95 Å². The third-order valence-electron chi connectivity index (χ3n) is 3.96. The molecule has 0 atom stereocenters. The predicted octanol–water partition coefficient (Wildman–Crippen LogP) is 2.69. The predicted molar refractivity (Wildman–Crippen MR) is 99.2 cm³/mol. The van der Waals surface area contributed by atoms with Gasteiger partial charge in [0.05, 0.1) is 12.7 Å². The van der Waals surface area contributed by atoms with Gasteiger partial charge in [-0.2, -0.15) is 0 Å². The summed E-state index contributed by atoms with van der Waals surface area (Å²) in [6.07, 6.45) is 6.06. The number of nitrogens with zero attached hydrogens (tertiary/aromatic N) is 3. The van der Waals surface area contributed by atoms with Crippen molar-refractivity contribution >= 4 is 11.9 Å². The first-order valence-corrected chi connectivity index (χ1v) is 8.59. The summed E-state index contributed by atoms with van der Waals surface area (Å²) >= 11 is 0. The second kappa shape index (κ2) is 9.61. The highest BCUT2D eigenvalue weighted by atomic mass is 16.5. The Labute approximate surface area is 149 Å². The molecular weight excluding hydrogens is 316 g/mol.